The number of hydrogen-bond donors (Lipinski definition) is 32. The second-order valence-corrected chi connectivity index (χ2v) is 38.1. The number of benzene rings is 1. The van der Waals surface area contributed by atoms with Crippen molar-refractivity contribution in [2.75, 3.05) is 64.4 Å². The van der Waals surface area contributed by atoms with E-state index >= 15 is 4.79 Å². The van der Waals surface area contributed by atoms with Crippen LogP contribution in [0.4, 0.5) is 0 Å². The van der Waals surface area contributed by atoms with Gasteiger partial charge in [-0.2, -0.15) is 11.8 Å². The van der Waals surface area contributed by atoms with E-state index in [2.05, 4.69) is 111 Å². The maximum atomic E-state index is 15.1. The van der Waals surface area contributed by atoms with Gasteiger partial charge in [-0.05, 0) is 164 Å². The van der Waals surface area contributed by atoms with Gasteiger partial charge in [0.2, 0.25) is 106 Å². The summed E-state index contributed by atoms with van der Waals surface area (Å²) in [6.45, 7) is 13.9. The summed E-state index contributed by atoms with van der Waals surface area (Å²) in [6, 6.07) is -14.7. The summed E-state index contributed by atoms with van der Waals surface area (Å²) in [6.07, 6.45) is 2.63. The molecule has 0 aliphatic carbocycles. The van der Waals surface area contributed by atoms with E-state index in [0.717, 1.165) is 0 Å². The van der Waals surface area contributed by atoms with Gasteiger partial charge in [-0.15, -0.1) is 0 Å². The van der Waals surface area contributed by atoms with Crippen molar-refractivity contribution in [2.45, 2.75) is 294 Å². The van der Waals surface area contributed by atoms with Crippen molar-refractivity contribution in [2.24, 2.45) is 58.1 Å². The van der Waals surface area contributed by atoms with Crippen LogP contribution in [0, 0.1) is 39.9 Å². The second kappa shape index (κ2) is 66.3. The van der Waals surface area contributed by atoms with E-state index in [1.54, 1.807) is 92.0 Å². The number of thioether (sulfide) groups is 1. The maximum absolute atomic E-state index is 15.1. The standard InChI is InChI=1S/C91H155N31O22S/c1-47(2)37-61(109-69(126)43-105-74(129)55(23-15-16-31-92)111-73(128)51(9)108-75(130)56(24-17-32-102-89(95)96)113-83(138)66(45-123)120-77(132)58(26-19-34-104-91(99)100)116-85(140)71(94)52(10)124)80(135)114-59(28-29-68(93)125)78(133)118-64(40-53-21-13-12-14-22-53)87(142)122-35-20-27-67(122)84(139)106-44-70(127)110-62(38-48(3)4)81(136)115-60(30-36-145-11)79(134)121-72(50(7)8)86(141)117-63(41-54-42-101-46-107-54)82(137)112-57(25-18-33-103-90(97)98)76(131)119-65(88(143)144)39-49(5)6/h12-14,21-22,42,46-52,55-67,71-72,123-124H,15-20,23-41,43-45,92,94H2,1-11H3,(H2,93,125)(H,101,107)(H,105,129)(H,106,139)(H,108,130)(H,109,126)(H,110,127)(H,111,128)(H,112,137)(H,113,138)(H,114,135)(H,115,136)(H,116,140)(H,117,141)(H,118,133)(H,119,131)(H,120,132)(H,121,134)(H,143,144)(H4,95,96,102)(H4,97,98,103)(H4,99,100,104)/t51-,52+,55-,56-,57-,58-,59-,60-,61-,62-,63-,64-,65-,66-,67-,71-,72-/m0/s1. The monoisotopic (exact) mass is 2070 g/mol. The Morgan fingerprint density at radius 2 is 0.876 bits per heavy atom. The molecule has 38 N–H and O–H groups in total. The molecular weight excluding hydrogens is 1910 g/mol. The number of aliphatic carboxylic acids is 1. The number of hydrogen-bond acceptors (Lipinski definition) is 28. The quantitative estimate of drug-likeness (QED) is 0.0166. The van der Waals surface area contributed by atoms with Gasteiger partial charge in [0, 0.05) is 57.3 Å². The van der Waals surface area contributed by atoms with Crippen molar-refractivity contribution in [1.29, 1.82) is 16.2 Å². The number of carboxylic acid groups (broad SMARTS) is 1. The number of H-pyrrole nitrogens is 1. The Kier molecular flexibility index (Phi) is 57.4. The van der Waals surface area contributed by atoms with Gasteiger partial charge in [-0.25, -0.2) is 9.78 Å². The SMILES string of the molecule is CSCC[C@H](NC(=O)[C@H](CC(C)C)NC(=O)CNC(=O)[C@@H]1CCCN1C(=O)[C@H](Cc1ccccc1)NC(=O)[C@H](CCC(N)=O)NC(=O)[C@H](CC(C)C)NC(=O)CNC(=O)[C@H](CCCCN)NC(=O)[C@H](C)NC(=O)[C@H](CCCNC(=N)N)NC(=O)[C@H](CO)NC(=O)[C@H](CCCNC(=N)N)NC(=O)[C@@H](N)[C@@H](C)O)C(=O)N[C@H](C(=O)N[C@@H](Cc1cnc[nH]1)C(=O)N[C@@H](CCCNC(=N)N)C(=O)N[C@@H](CC(C)C)C(=O)O)C(C)C. The fourth-order valence-electron chi connectivity index (χ4n) is 15.1. The normalized spacial score (nSPS) is 15.6. The number of carbonyl (C=O) groups is 19. The lowest BCUT2D eigenvalue weighted by atomic mass is 10.0. The number of carboxylic acids is 1. The summed E-state index contributed by atoms with van der Waals surface area (Å²) in [7, 11) is 0. The lowest BCUT2D eigenvalue weighted by molar-refractivity contribution is -0.143. The number of amides is 18. The third-order valence-corrected chi connectivity index (χ3v) is 23.5. The number of rotatable bonds is 69. The number of likely N-dealkylation sites (tertiary alicyclic amines) is 1. The largest absolute Gasteiger partial charge is 0.480 e. The Morgan fingerprint density at radius 1 is 0.462 bits per heavy atom. The first-order valence-electron chi connectivity index (χ1n) is 48.5. The van der Waals surface area contributed by atoms with Gasteiger partial charge in [0.1, 0.15) is 96.7 Å². The molecule has 1 saturated heterocycles. The Bertz CT molecular complexity index is 4610. The fourth-order valence-corrected chi connectivity index (χ4v) is 15.5. The van der Waals surface area contributed by atoms with Crippen LogP contribution in [-0.2, 0) is 104 Å². The minimum atomic E-state index is -1.77. The third-order valence-electron chi connectivity index (χ3n) is 22.9. The average Bonchev–Trinajstić information content (AvgIpc) is 1.67. The van der Waals surface area contributed by atoms with Crippen LogP contribution in [0.2, 0.25) is 0 Å². The Morgan fingerprint density at radius 3 is 1.33 bits per heavy atom. The van der Waals surface area contributed by atoms with Crippen molar-refractivity contribution in [3.63, 3.8) is 0 Å². The van der Waals surface area contributed by atoms with Crippen molar-refractivity contribution in [3.8, 4) is 0 Å². The van der Waals surface area contributed by atoms with Gasteiger partial charge in [0.05, 0.1) is 32.1 Å². The van der Waals surface area contributed by atoms with E-state index in [-0.39, 0.29) is 165 Å². The van der Waals surface area contributed by atoms with E-state index in [1.165, 1.54) is 43.0 Å². The Labute approximate surface area is 847 Å². The molecule has 0 bridgehead atoms. The number of aromatic amines is 1. The number of nitrogens with zero attached hydrogens (tertiary/aromatic N) is 2. The summed E-state index contributed by atoms with van der Waals surface area (Å²) < 4.78 is 0. The summed E-state index contributed by atoms with van der Waals surface area (Å²) in [5.41, 5.74) is 34.3. The van der Waals surface area contributed by atoms with E-state index in [9.17, 15) is 102 Å². The zero-order valence-electron chi connectivity index (χ0n) is 84.3. The van der Waals surface area contributed by atoms with Gasteiger partial charge < -0.3 is 161 Å². The lowest BCUT2D eigenvalue weighted by Gasteiger charge is -2.30. The van der Waals surface area contributed by atoms with Crippen molar-refractivity contribution in [3.05, 3.63) is 54.1 Å². The molecule has 17 atom stereocenters. The molecule has 1 aromatic heterocycles. The fraction of sp³-hybridized carbons (Fsp3) is 0.659. The molecule has 1 fully saturated rings. The van der Waals surface area contributed by atoms with Crippen LogP contribution in [0.25, 0.3) is 0 Å². The third kappa shape index (κ3) is 48.5. The highest BCUT2D eigenvalue weighted by Gasteiger charge is 2.42. The molecule has 812 valence electrons. The molecule has 0 spiro atoms. The van der Waals surface area contributed by atoms with Gasteiger partial charge in [0.15, 0.2) is 17.9 Å². The highest BCUT2D eigenvalue weighted by atomic mass is 32.2. The summed E-state index contributed by atoms with van der Waals surface area (Å²) in [5, 5.41) is 101. The topological polar surface area (TPSA) is 873 Å². The maximum Gasteiger partial charge on any atom is 0.326 e. The van der Waals surface area contributed by atoms with Crippen LogP contribution in [0.1, 0.15) is 190 Å². The molecule has 53 nitrogen and oxygen atoms in total. The second-order valence-electron chi connectivity index (χ2n) is 37.1. The number of guanidine groups is 3. The van der Waals surface area contributed by atoms with Crippen LogP contribution >= 0.6 is 11.8 Å². The zero-order valence-corrected chi connectivity index (χ0v) is 85.1. The van der Waals surface area contributed by atoms with E-state index in [4.69, 9.17) is 50.6 Å². The van der Waals surface area contributed by atoms with Crippen LogP contribution in [0.15, 0.2) is 42.9 Å². The van der Waals surface area contributed by atoms with Crippen molar-refractivity contribution >= 4 is 142 Å². The number of carbonyl (C=O) groups excluding carboxylic acids is 18. The smallest absolute Gasteiger partial charge is 0.326 e. The molecule has 1 aromatic carbocycles. The van der Waals surface area contributed by atoms with Crippen LogP contribution in [0.5, 0.6) is 0 Å². The highest BCUT2D eigenvalue weighted by molar-refractivity contribution is 7.98. The molecule has 0 radical (unpaired) electrons. The highest BCUT2D eigenvalue weighted by Crippen LogP contribution is 2.22. The predicted molar refractivity (Wildman–Crippen MR) is 535 cm³/mol. The Hall–Kier alpha value is -13.6. The number of aliphatic hydroxyl groups excluding tert-OH is 2. The molecule has 0 unspecified atom stereocenters. The van der Waals surface area contributed by atoms with Gasteiger partial charge >= 0.3 is 5.97 Å². The average molecular weight is 2070 g/mol. The van der Waals surface area contributed by atoms with Gasteiger partial charge in [-0.1, -0.05) is 85.7 Å². The van der Waals surface area contributed by atoms with Crippen LogP contribution in [-0.4, -0.2) is 328 Å². The number of imidazole rings is 1. The summed E-state index contributed by atoms with van der Waals surface area (Å²) >= 11 is 1.34. The molecule has 1 aliphatic rings. The molecule has 145 heavy (non-hydrogen) atoms. The molecular formula is C91H155N31O22S. The lowest BCUT2D eigenvalue weighted by Crippen LogP contribution is -2.61. The zero-order chi connectivity index (χ0) is 109. The molecule has 1 aliphatic heterocycles. The predicted octanol–water partition coefficient (Wildman–Crippen LogP) is -8.26. The Balaban J connectivity index is 1.84. The van der Waals surface area contributed by atoms with E-state index < -0.39 is 259 Å². The first-order valence-corrected chi connectivity index (χ1v) is 49.9. The number of nitrogens with two attached hydrogens (primary N) is 6. The molecule has 2 heterocycles. The molecule has 3 rings (SSSR count). The first-order chi connectivity index (χ1) is 68.4. The minimum Gasteiger partial charge on any atom is -0.480 e. The minimum absolute atomic E-state index is 0.00551. The molecule has 2 aromatic rings. The number of unbranched alkanes of at least 4 members (excludes halogenated alkanes) is 1. The first kappa shape index (κ1) is 126. The van der Waals surface area contributed by atoms with Gasteiger partial charge in [-0.3, -0.25) is 103 Å². The number of aromatic nitrogens is 2. The van der Waals surface area contributed by atoms with Gasteiger partial charge in [0.25, 0.3) is 0 Å². The summed E-state index contributed by atoms with van der Waals surface area (Å²) in [4.78, 5) is 274. The molecule has 18 amide bonds. The number of primary amides is 1. The van der Waals surface area contributed by atoms with E-state index in [1.807, 2.05) is 0 Å². The molecule has 54 heteroatoms. The molecule has 0 saturated carbocycles. The van der Waals surface area contributed by atoms with E-state index in [0.29, 0.717) is 23.4 Å². The van der Waals surface area contributed by atoms with Crippen molar-refractivity contribution in [1.82, 2.24) is 116 Å². The summed E-state index contributed by atoms with van der Waals surface area (Å²) in [5.74, 6) is -19.9. The van der Waals surface area contributed by atoms with Crippen LogP contribution < -0.4 is 135 Å². The number of nitrogens with one attached hydrogen (secondary N) is 23. The van der Waals surface area contributed by atoms with Crippen molar-refractivity contribution < 1.29 is 106 Å². The number of aliphatic hydroxyl groups is 2. The van der Waals surface area contributed by atoms with Crippen LogP contribution in [0.3, 0.4) is 0 Å².